The number of aromatic amines is 2. The van der Waals surface area contributed by atoms with E-state index in [2.05, 4.69) is 19.9 Å². The van der Waals surface area contributed by atoms with E-state index >= 15 is 0 Å². The highest BCUT2D eigenvalue weighted by atomic mass is 16.5. The van der Waals surface area contributed by atoms with Gasteiger partial charge in [0.15, 0.2) is 11.2 Å². The molecule has 2 heterocycles. The molecule has 0 atom stereocenters. The summed E-state index contributed by atoms with van der Waals surface area (Å²) in [6.45, 7) is 3.14. The highest BCUT2D eigenvalue weighted by molar-refractivity contribution is 5.70. The number of nitrogens with zero attached hydrogens (tertiary/aromatic N) is 2. The van der Waals surface area contributed by atoms with Gasteiger partial charge in [-0.3, -0.25) is 9.78 Å². The van der Waals surface area contributed by atoms with Crippen LogP contribution in [0.5, 0.6) is 0 Å². The second-order valence-corrected chi connectivity index (χ2v) is 3.28. The minimum absolute atomic E-state index is 0.0698. The topological polar surface area (TPSA) is 110 Å². The Morgan fingerprint density at radius 1 is 1.38 bits per heavy atom. The number of fused-ring (bicyclic) bond motifs is 1. The largest absolute Gasteiger partial charge is 0.381 e. The molecular weight excluding hydrogens is 210 g/mol. The zero-order valence-electron chi connectivity index (χ0n) is 8.91. The number of nitrogen functional groups attached to an aromatic ring is 1. The number of nitrogens with two attached hydrogens (primary N) is 1. The predicted molar refractivity (Wildman–Crippen MR) is 59.1 cm³/mol. The summed E-state index contributed by atoms with van der Waals surface area (Å²) in [5, 5.41) is 0. The molecule has 7 nitrogen and oxygen atoms in total. The van der Waals surface area contributed by atoms with E-state index in [1.807, 2.05) is 6.92 Å². The van der Waals surface area contributed by atoms with Crippen LogP contribution in [0.2, 0.25) is 0 Å². The van der Waals surface area contributed by atoms with Crippen molar-refractivity contribution in [1.82, 2.24) is 19.9 Å². The number of imidazole rings is 1. The van der Waals surface area contributed by atoms with Crippen LogP contribution in [0.4, 0.5) is 5.95 Å². The number of H-pyrrole nitrogens is 2. The number of rotatable bonds is 4. The maximum atomic E-state index is 11.5. The molecule has 16 heavy (non-hydrogen) atoms. The lowest BCUT2D eigenvalue weighted by Crippen LogP contribution is -2.10. The van der Waals surface area contributed by atoms with Crippen LogP contribution in [-0.2, 0) is 11.2 Å². The average molecular weight is 223 g/mol. The average Bonchev–Trinajstić information content (AvgIpc) is 2.61. The SMILES string of the molecule is CCOCCc1nc2nc(N)[nH]c(=O)c2[nH]1. The normalized spacial score (nSPS) is 11.1. The monoisotopic (exact) mass is 223 g/mol. The third kappa shape index (κ3) is 2.03. The molecule has 7 heteroatoms. The van der Waals surface area contributed by atoms with Gasteiger partial charge in [-0.05, 0) is 6.92 Å². The third-order valence-electron chi connectivity index (χ3n) is 2.12. The molecule has 0 unspecified atom stereocenters. The third-order valence-corrected chi connectivity index (χ3v) is 2.12. The minimum atomic E-state index is -0.308. The molecule has 0 aliphatic rings. The van der Waals surface area contributed by atoms with Crippen LogP contribution >= 0.6 is 0 Å². The summed E-state index contributed by atoms with van der Waals surface area (Å²) in [6, 6.07) is 0. The molecule has 0 fully saturated rings. The predicted octanol–water partition coefficient (Wildman–Crippen LogP) is -0.193. The van der Waals surface area contributed by atoms with Crippen LogP contribution in [0.3, 0.4) is 0 Å². The smallest absolute Gasteiger partial charge is 0.278 e. The molecule has 0 aliphatic carbocycles. The number of hydrogen-bond acceptors (Lipinski definition) is 5. The van der Waals surface area contributed by atoms with Crippen molar-refractivity contribution in [1.29, 1.82) is 0 Å². The van der Waals surface area contributed by atoms with Crippen molar-refractivity contribution in [2.24, 2.45) is 0 Å². The summed E-state index contributed by atoms with van der Waals surface area (Å²) < 4.78 is 5.20. The van der Waals surface area contributed by atoms with Gasteiger partial charge >= 0.3 is 0 Å². The van der Waals surface area contributed by atoms with Crippen LogP contribution < -0.4 is 11.3 Å². The van der Waals surface area contributed by atoms with Crippen molar-refractivity contribution in [2.45, 2.75) is 13.3 Å². The standard InChI is InChI=1S/C9H13N5O2/c1-2-16-4-3-5-11-6-7(12-5)13-9(10)14-8(6)15/h2-4H2,1H3,(H4,10,11,12,13,14,15). The Bertz CT molecular complexity index is 544. The molecule has 86 valence electrons. The summed E-state index contributed by atoms with van der Waals surface area (Å²) in [7, 11) is 0. The van der Waals surface area contributed by atoms with Crippen molar-refractivity contribution in [3.05, 3.63) is 16.2 Å². The molecule has 0 radical (unpaired) electrons. The van der Waals surface area contributed by atoms with E-state index < -0.39 is 0 Å². The number of nitrogens with one attached hydrogen (secondary N) is 2. The maximum Gasteiger partial charge on any atom is 0.278 e. The number of hydrogen-bond donors (Lipinski definition) is 3. The van der Waals surface area contributed by atoms with Gasteiger partial charge in [0.05, 0.1) is 6.61 Å². The van der Waals surface area contributed by atoms with E-state index in [1.54, 1.807) is 0 Å². The summed E-state index contributed by atoms with van der Waals surface area (Å²) in [5.74, 6) is 0.743. The number of ether oxygens (including phenoxy) is 1. The lowest BCUT2D eigenvalue weighted by molar-refractivity contribution is 0.149. The summed E-state index contributed by atoms with van der Waals surface area (Å²) in [4.78, 5) is 24.8. The quantitative estimate of drug-likeness (QED) is 0.622. The molecule has 4 N–H and O–H groups in total. The first-order valence-corrected chi connectivity index (χ1v) is 5.03. The minimum Gasteiger partial charge on any atom is -0.381 e. The van der Waals surface area contributed by atoms with Gasteiger partial charge < -0.3 is 15.5 Å². The maximum absolute atomic E-state index is 11.5. The second-order valence-electron chi connectivity index (χ2n) is 3.28. The van der Waals surface area contributed by atoms with Gasteiger partial charge in [-0.15, -0.1) is 0 Å². The van der Waals surface area contributed by atoms with Crippen molar-refractivity contribution in [3.63, 3.8) is 0 Å². The molecule has 2 rings (SSSR count). The van der Waals surface area contributed by atoms with Gasteiger partial charge in [0.25, 0.3) is 5.56 Å². The van der Waals surface area contributed by atoms with Gasteiger partial charge in [-0.1, -0.05) is 0 Å². The molecule has 0 amide bonds. The van der Waals surface area contributed by atoms with Crippen LogP contribution in [0.25, 0.3) is 11.2 Å². The van der Waals surface area contributed by atoms with E-state index in [1.165, 1.54) is 0 Å². The summed E-state index contributed by atoms with van der Waals surface area (Å²) in [6.07, 6.45) is 0.615. The van der Waals surface area contributed by atoms with Crippen molar-refractivity contribution >= 4 is 17.1 Å². The molecule has 0 bridgehead atoms. The molecule has 0 aliphatic heterocycles. The van der Waals surface area contributed by atoms with E-state index in [4.69, 9.17) is 10.5 Å². The highest BCUT2D eigenvalue weighted by Crippen LogP contribution is 2.05. The van der Waals surface area contributed by atoms with E-state index in [0.717, 1.165) is 0 Å². The molecule has 2 aromatic heterocycles. The Morgan fingerprint density at radius 3 is 2.94 bits per heavy atom. The Balaban J connectivity index is 2.29. The fraction of sp³-hybridized carbons (Fsp3) is 0.444. The molecule has 0 saturated heterocycles. The fourth-order valence-electron chi connectivity index (χ4n) is 1.40. The first kappa shape index (κ1) is 10.6. The van der Waals surface area contributed by atoms with Crippen molar-refractivity contribution in [2.75, 3.05) is 18.9 Å². The Kier molecular flexibility index (Phi) is 2.86. The van der Waals surface area contributed by atoms with Gasteiger partial charge in [0.2, 0.25) is 5.95 Å². The highest BCUT2D eigenvalue weighted by Gasteiger charge is 2.08. The van der Waals surface area contributed by atoms with E-state index in [0.29, 0.717) is 36.6 Å². The number of aromatic nitrogens is 4. The van der Waals surface area contributed by atoms with Gasteiger partial charge in [-0.25, -0.2) is 4.98 Å². The summed E-state index contributed by atoms with van der Waals surface area (Å²) >= 11 is 0. The van der Waals surface area contributed by atoms with E-state index in [-0.39, 0.29) is 11.5 Å². The first-order chi connectivity index (χ1) is 7.70. The first-order valence-electron chi connectivity index (χ1n) is 5.03. The van der Waals surface area contributed by atoms with Crippen LogP contribution in [0.15, 0.2) is 4.79 Å². The zero-order chi connectivity index (χ0) is 11.5. The van der Waals surface area contributed by atoms with Crippen molar-refractivity contribution in [3.8, 4) is 0 Å². The van der Waals surface area contributed by atoms with E-state index in [9.17, 15) is 4.79 Å². The zero-order valence-corrected chi connectivity index (χ0v) is 8.91. The molecule has 2 aromatic rings. The van der Waals surface area contributed by atoms with Crippen LogP contribution in [0.1, 0.15) is 12.7 Å². The molecular formula is C9H13N5O2. The lowest BCUT2D eigenvalue weighted by atomic mass is 10.4. The summed E-state index contributed by atoms with van der Waals surface area (Å²) in [5.41, 5.74) is 5.79. The fourth-order valence-corrected chi connectivity index (χ4v) is 1.40. The number of anilines is 1. The Labute approximate surface area is 91.1 Å². The Hall–Kier alpha value is -1.89. The molecule has 0 spiro atoms. The Morgan fingerprint density at radius 2 is 2.19 bits per heavy atom. The van der Waals surface area contributed by atoms with Gasteiger partial charge in [-0.2, -0.15) is 4.98 Å². The van der Waals surface area contributed by atoms with Crippen LogP contribution in [-0.4, -0.2) is 33.1 Å². The molecule has 0 aromatic carbocycles. The van der Waals surface area contributed by atoms with Gasteiger partial charge in [0.1, 0.15) is 5.82 Å². The molecule has 0 saturated carbocycles. The van der Waals surface area contributed by atoms with Crippen molar-refractivity contribution < 1.29 is 4.74 Å². The van der Waals surface area contributed by atoms with Gasteiger partial charge in [0, 0.05) is 13.0 Å². The lowest BCUT2D eigenvalue weighted by Gasteiger charge is -1.96. The van der Waals surface area contributed by atoms with Crippen LogP contribution in [0, 0.1) is 0 Å². The second kappa shape index (κ2) is 4.31.